The van der Waals surface area contributed by atoms with Gasteiger partial charge in [0.25, 0.3) is 0 Å². The number of rotatable bonds is 3. The fourth-order valence-electron chi connectivity index (χ4n) is 1.28. The SMILES string of the molecule is Cn1ccnc1C(=O)Cc1csc(N)n1. The van der Waals surface area contributed by atoms with Crippen LogP contribution >= 0.6 is 11.3 Å². The van der Waals surface area contributed by atoms with Crippen LogP contribution in [-0.2, 0) is 13.5 Å². The van der Waals surface area contributed by atoms with E-state index in [2.05, 4.69) is 9.97 Å². The molecule has 15 heavy (non-hydrogen) atoms. The molecule has 2 N–H and O–H groups in total. The second-order valence-corrected chi connectivity index (χ2v) is 4.03. The monoisotopic (exact) mass is 222 g/mol. The van der Waals surface area contributed by atoms with Crippen LogP contribution in [0.25, 0.3) is 0 Å². The van der Waals surface area contributed by atoms with Crippen molar-refractivity contribution in [3.05, 3.63) is 29.3 Å². The van der Waals surface area contributed by atoms with Gasteiger partial charge in [0.1, 0.15) is 0 Å². The van der Waals surface area contributed by atoms with Gasteiger partial charge in [0, 0.05) is 24.8 Å². The van der Waals surface area contributed by atoms with E-state index >= 15 is 0 Å². The predicted octanol–water partition coefficient (Wildman–Crippen LogP) is 0.884. The summed E-state index contributed by atoms with van der Waals surface area (Å²) in [6.45, 7) is 0. The topological polar surface area (TPSA) is 73.8 Å². The molecule has 0 aliphatic rings. The van der Waals surface area contributed by atoms with Crippen molar-refractivity contribution in [3.8, 4) is 0 Å². The molecule has 0 saturated heterocycles. The van der Waals surface area contributed by atoms with E-state index in [9.17, 15) is 4.79 Å². The summed E-state index contributed by atoms with van der Waals surface area (Å²) in [5.74, 6) is 0.398. The number of hydrogen-bond acceptors (Lipinski definition) is 5. The Morgan fingerprint density at radius 2 is 2.47 bits per heavy atom. The highest BCUT2D eigenvalue weighted by Crippen LogP contribution is 2.12. The molecular formula is C9H10N4OS. The van der Waals surface area contributed by atoms with Gasteiger partial charge in [-0.2, -0.15) is 0 Å². The third kappa shape index (κ3) is 2.04. The van der Waals surface area contributed by atoms with E-state index in [0.29, 0.717) is 16.6 Å². The van der Waals surface area contributed by atoms with Crippen LogP contribution in [0.4, 0.5) is 5.13 Å². The van der Waals surface area contributed by atoms with Crippen molar-refractivity contribution in [2.45, 2.75) is 6.42 Å². The van der Waals surface area contributed by atoms with Crippen LogP contribution < -0.4 is 5.73 Å². The number of anilines is 1. The lowest BCUT2D eigenvalue weighted by molar-refractivity contribution is 0.0979. The average molecular weight is 222 g/mol. The number of nitrogens with zero attached hydrogens (tertiary/aromatic N) is 3. The number of carbonyl (C=O) groups is 1. The normalized spacial score (nSPS) is 10.5. The molecule has 0 aliphatic heterocycles. The van der Waals surface area contributed by atoms with Gasteiger partial charge in [-0.1, -0.05) is 0 Å². The minimum absolute atomic E-state index is 0.0483. The third-order valence-electron chi connectivity index (χ3n) is 1.98. The molecule has 6 heteroatoms. The first-order chi connectivity index (χ1) is 7.16. The molecule has 0 atom stereocenters. The summed E-state index contributed by atoms with van der Waals surface area (Å²) in [5, 5.41) is 2.27. The second kappa shape index (κ2) is 3.82. The summed E-state index contributed by atoms with van der Waals surface area (Å²) in [4.78, 5) is 19.8. The standard InChI is InChI=1S/C9H10N4OS/c1-13-3-2-11-8(13)7(14)4-6-5-15-9(10)12-6/h2-3,5H,4H2,1H3,(H2,10,12). The van der Waals surface area contributed by atoms with Crippen molar-refractivity contribution in [1.29, 1.82) is 0 Å². The number of hydrogen-bond donors (Lipinski definition) is 1. The maximum Gasteiger partial charge on any atom is 0.204 e. The molecule has 5 nitrogen and oxygen atoms in total. The van der Waals surface area contributed by atoms with E-state index in [4.69, 9.17) is 5.73 Å². The number of aromatic nitrogens is 3. The Morgan fingerprint density at radius 1 is 1.67 bits per heavy atom. The van der Waals surface area contributed by atoms with Gasteiger partial charge in [-0.15, -0.1) is 11.3 Å². The summed E-state index contributed by atoms with van der Waals surface area (Å²) >= 11 is 1.34. The molecule has 2 rings (SSSR count). The number of carbonyl (C=O) groups excluding carboxylic acids is 1. The Kier molecular flexibility index (Phi) is 2.51. The van der Waals surface area contributed by atoms with Gasteiger partial charge >= 0.3 is 0 Å². The maximum atomic E-state index is 11.7. The number of nitrogen functional groups attached to an aromatic ring is 1. The van der Waals surface area contributed by atoms with Gasteiger partial charge in [-0.05, 0) is 0 Å². The predicted molar refractivity (Wildman–Crippen MR) is 57.8 cm³/mol. The van der Waals surface area contributed by atoms with Crippen LogP contribution in [0, 0.1) is 0 Å². The molecule has 2 aromatic heterocycles. The Hall–Kier alpha value is -1.69. The molecule has 0 radical (unpaired) electrons. The van der Waals surface area contributed by atoms with E-state index in [1.807, 2.05) is 0 Å². The van der Waals surface area contributed by atoms with Crippen LogP contribution in [0.2, 0.25) is 0 Å². The molecule has 0 saturated carbocycles. The number of ketones is 1. The van der Waals surface area contributed by atoms with E-state index in [0.717, 1.165) is 0 Å². The van der Waals surface area contributed by atoms with Crippen LogP contribution in [0.15, 0.2) is 17.8 Å². The lowest BCUT2D eigenvalue weighted by Gasteiger charge is -1.98. The fourth-order valence-corrected chi connectivity index (χ4v) is 1.84. The Morgan fingerprint density at radius 3 is 3.00 bits per heavy atom. The lowest BCUT2D eigenvalue weighted by atomic mass is 10.2. The number of aryl methyl sites for hydroxylation is 1. The first kappa shape index (κ1) is 9.85. The Bertz CT molecular complexity index is 488. The van der Waals surface area contributed by atoms with Crippen molar-refractivity contribution in [3.63, 3.8) is 0 Å². The van der Waals surface area contributed by atoms with E-state index in [1.54, 1.807) is 29.4 Å². The molecule has 0 aliphatic carbocycles. The molecule has 0 spiro atoms. The zero-order valence-corrected chi connectivity index (χ0v) is 8.99. The maximum absolute atomic E-state index is 11.7. The van der Waals surface area contributed by atoms with Crippen molar-refractivity contribution < 1.29 is 4.79 Å². The highest BCUT2D eigenvalue weighted by molar-refractivity contribution is 7.13. The number of thiazole rings is 1. The van der Waals surface area contributed by atoms with Gasteiger partial charge in [-0.25, -0.2) is 9.97 Å². The highest BCUT2D eigenvalue weighted by atomic mass is 32.1. The smallest absolute Gasteiger partial charge is 0.204 e. The summed E-state index contributed by atoms with van der Waals surface area (Å²) in [6.07, 6.45) is 3.59. The van der Waals surface area contributed by atoms with Crippen molar-refractivity contribution in [2.75, 3.05) is 5.73 Å². The molecule has 2 aromatic rings. The molecule has 0 unspecified atom stereocenters. The number of nitrogens with two attached hydrogens (primary N) is 1. The minimum Gasteiger partial charge on any atom is -0.375 e. The molecule has 0 fully saturated rings. The molecular weight excluding hydrogens is 212 g/mol. The molecule has 0 aromatic carbocycles. The second-order valence-electron chi connectivity index (χ2n) is 3.14. The summed E-state index contributed by atoms with van der Waals surface area (Å²) < 4.78 is 1.69. The molecule has 0 amide bonds. The Balaban J connectivity index is 2.14. The summed E-state index contributed by atoms with van der Waals surface area (Å²) in [7, 11) is 1.79. The minimum atomic E-state index is -0.0483. The zero-order chi connectivity index (χ0) is 10.8. The summed E-state index contributed by atoms with van der Waals surface area (Å²) in [5.41, 5.74) is 6.18. The zero-order valence-electron chi connectivity index (χ0n) is 8.17. The molecule has 2 heterocycles. The highest BCUT2D eigenvalue weighted by Gasteiger charge is 2.13. The van der Waals surface area contributed by atoms with Crippen LogP contribution in [0.1, 0.15) is 16.3 Å². The lowest BCUT2D eigenvalue weighted by Crippen LogP contribution is -2.10. The van der Waals surface area contributed by atoms with Crippen LogP contribution in [-0.4, -0.2) is 20.3 Å². The van der Waals surface area contributed by atoms with Crippen LogP contribution in [0.5, 0.6) is 0 Å². The van der Waals surface area contributed by atoms with Crippen molar-refractivity contribution in [2.24, 2.45) is 7.05 Å². The van der Waals surface area contributed by atoms with Gasteiger partial charge in [0.05, 0.1) is 12.1 Å². The van der Waals surface area contributed by atoms with Crippen molar-refractivity contribution >= 4 is 22.3 Å². The van der Waals surface area contributed by atoms with Crippen molar-refractivity contribution in [1.82, 2.24) is 14.5 Å². The fraction of sp³-hybridized carbons (Fsp3) is 0.222. The third-order valence-corrected chi connectivity index (χ3v) is 2.70. The largest absolute Gasteiger partial charge is 0.375 e. The van der Waals surface area contributed by atoms with Gasteiger partial charge < -0.3 is 10.3 Å². The van der Waals surface area contributed by atoms with Gasteiger partial charge in [0.15, 0.2) is 11.0 Å². The van der Waals surface area contributed by atoms with E-state index < -0.39 is 0 Å². The average Bonchev–Trinajstić information content (AvgIpc) is 2.75. The molecule has 78 valence electrons. The van der Waals surface area contributed by atoms with E-state index in [-0.39, 0.29) is 12.2 Å². The Labute approximate surface area is 90.6 Å². The van der Waals surface area contributed by atoms with Gasteiger partial charge in [-0.3, -0.25) is 4.79 Å². The van der Waals surface area contributed by atoms with Crippen LogP contribution in [0.3, 0.4) is 0 Å². The van der Waals surface area contributed by atoms with E-state index in [1.165, 1.54) is 11.3 Å². The summed E-state index contributed by atoms with van der Waals surface area (Å²) in [6, 6.07) is 0. The first-order valence-electron chi connectivity index (χ1n) is 4.37. The quantitative estimate of drug-likeness (QED) is 0.782. The number of Topliss-reactive ketones (excluding diaryl/α,β-unsaturated/α-hetero) is 1. The van der Waals surface area contributed by atoms with Gasteiger partial charge in [0.2, 0.25) is 5.78 Å². The number of imidazole rings is 1. The molecule has 0 bridgehead atoms. The first-order valence-corrected chi connectivity index (χ1v) is 5.25.